The van der Waals surface area contributed by atoms with Crippen molar-refractivity contribution in [1.29, 1.82) is 0 Å². The highest BCUT2D eigenvalue weighted by atomic mass is 16.5. The molecule has 0 aliphatic carbocycles. The van der Waals surface area contributed by atoms with Crippen LogP contribution in [0.25, 0.3) is 33.4 Å². The quantitative estimate of drug-likeness (QED) is 0.542. The van der Waals surface area contributed by atoms with Gasteiger partial charge in [-0.05, 0) is 45.4 Å². The third kappa shape index (κ3) is 3.23. The van der Waals surface area contributed by atoms with Crippen molar-refractivity contribution in [2.75, 3.05) is 18.0 Å². The molecule has 8 nitrogen and oxygen atoms in total. The fourth-order valence-electron chi connectivity index (χ4n) is 4.36. The predicted molar refractivity (Wildman–Crippen MR) is 116 cm³/mol. The predicted octanol–water partition coefficient (Wildman–Crippen LogP) is 3.64. The van der Waals surface area contributed by atoms with Crippen molar-refractivity contribution in [3.8, 4) is 22.5 Å². The van der Waals surface area contributed by atoms with Crippen molar-refractivity contribution < 1.29 is 4.74 Å². The number of aryl methyl sites for hydroxylation is 2. The molecular formula is C22H25N7O. The van der Waals surface area contributed by atoms with Crippen LogP contribution in [0.15, 0.2) is 30.6 Å². The van der Waals surface area contributed by atoms with Crippen molar-refractivity contribution in [2.24, 2.45) is 0 Å². The Kier molecular flexibility index (Phi) is 4.51. The lowest BCUT2D eigenvalue weighted by Gasteiger charge is -2.36. The number of ether oxygens (including phenoxy) is 1. The average Bonchev–Trinajstić information content (AvgIpc) is 3.29. The number of hydrogen-bond acceptors (Lipinski definition) is 6. The fraction of sp³-hybridized carbons (Fsp3) is 0.364. The van der Waals surface area contributed by atoms with E-state index in [9.17, 15) is 0 Å². The summed E-state index contributed by atoms with van der Waals surface area (Å²) in [5, 5.41) is 16.1. The Morgan fingerprint density at radius 3 is 2.53 bits per heavy atom. The number of nitrogens with one attached hydrogen (secondary N) is 2. The number of rotatable bonds is 3. The standard InChI is InChI=1S/C22H25N7O/c1-12-9-29(10-13(2)30-12)20-8-19(23-11-24-20)22-17-7-16(5-6-18(17)27-28-22)21-14(3)25-26-15(21)4/h5-8,11-13H,9-10H2,1-4H3,(H,25,26)(H,27,28). The Labute approximate surface area is 174 Å². The van der Waals surface area contributed by atoms with Crippen LogP contribution in [-0.4, -0.2) is 55.7 Å². The van der Waals surface area contributed by atoms with E-state index in [1.165, 1.54) is 0 Å². The zero-order valence-electron chi connectivity index (χ0n) is 17.6. The van der Waals surface area contributed by atoms with Gasteiger partial charge in [-0.25, -0.2) is 9.97 Å². The van der Waals surface area contributed by atoms with Crippen LogP contribution in [0.4, 0.5) is 5.82 Å². The Morgan fingerprint density at radius 1 is 1.00 bits per heavy atom. The van der Waals surface area contributed by atoms with E-state index in [4.69, 9.17) is 4.74 Å². The summed E-state index contributed by atoms with van der Waals surface area (Å²) in [6.07, 6.45) is 1.95. The lowest BCUT2D eigenvalue weighted by atomic mass is 10.0. The first-order valence-electron chi connectivity index (χ1n) is 10.2. The number of nitrogens with zero attached hydrogens (tertiary/aromatic N) is 5. The Balaban J connectivity index is 1.56. The molecule has 1 saturated heterocycles. The van der Waals surface area contributed by atoms with Crippen molar-refractivity contribution in [3.63, 3.8) is 0 Å². The summed E-state index contributed by atoms with van der Waals surface area (Å²) in [6, 6.07) is 8.32. The monoisotopic (exact) mass is 403 g/mol. The Bertz CT molecular complexity index is 1180. The largest absolute Gasteiger partial charge is 0.372 e. The highest BCUT2D eigenvalue weighted by Crippen LogP contribution is 2.32. The average molecular weight is 403 g/mol. The molecule has 0 bridgehead atoms. The fourth-order valence-corrected chi connectivity index (χ4v) is 4.36. The zero-order chi connectivity index (χ0) is 20.8. The van der Waals surface area contributed by atoms with Crippen molar-refractivity contribution in [3.05, 3.63) is 42.0 Å². The van der Waals surface area contributed by atoms with Gasteiger partial charge in [0.1, 0.15) is 17.8 Å². The van der Waals surface area contributed by atoms with Crippen LogP contribution in [-0.2, 0) is 4.74 Å². The van der Waals surface area contributed by atoms with E-state index in [-0.39, 0.29) is 12.2 Å². The third-order valence-electron chi connectivity index (χ3n) is 5.62. The summed E-state index contributed by atoms with van der Waals surface area (Å²) < 4.78 is 5.86. The van der Waals surface area contributed by atoms with E-state index in [1.54, 1.807) is 6.33 Å². The second-order valence-electron chi connectivity index (χ2n) is 8.07. The van der Waals surface area contributed by atoms with Gasteiger partial charge in [0.05, 0.1) is 29.1 Å². The van der Waals surface area contributed by atoms with Gasteiger partial charge in [-0.3, -0.25) is 10.2 Å². The molecule has 1 aromatic carbocycles. The molecule has 2 atom stereocenters. The Hall–Kier alpha value is -3.26. The molecule has 8 heteroatoms. The molecule has 0 amide bonds. The maximum Gasteiger partial charge on any atom is 0.132 e. The molecule has 2 unspecified atom stereocenters. The molecule has 154 valence electrons. The topological polar surface area (TPSA) is 95.6 Å². The van der Waals surface area contributed by atoms with Crippen molar-refractivity contribution in [1.82, 2.24) is 30.4 Å². The van der Waals surface area contributed by atoms with Gasteiger partial charge < -0.3 is 9.64 Å². The maximum atomic E-state index is 5.86. The van der Waals surface area contributed by atoms with Crippen LogP contribution in [0.5, 0.6) is 0 Å². The SMILES string of the molecule is Cc1n[nH]c(C)c1-c1ccc2[nH]nc(-c3cc(N4CC(C)OC(C)C4)ncn3)c2c1. The first kappa shape index (κ1) is 18.7. The van der Waals surface area contributed by atoms with Crippen LogP contribution in [0.3, 0.4) is 0 Å². The summed E-state index contributed by atoms with van der Waals surface area (Å²) in [6.45, 7) is 9.86. The van der Waals surface area contributed by atoms with Crippen molar-refractivity contribution in [2.45, 2.75) is 39.9 Å². The summed E-state index contributed by atoms with van der Waals surface area (Å²) in [4.78, 5) is 11.3. The smallest absolute Gasteiger partial charge is 0.132 e. The van der Waals surface area contributed by atoms with Gasteiger partial charge in [0.15, 0.2) is 0 Å². The highest BCUT2D eigenvalue weighted by Gasteiger charge is 2.24. The molecule has 2 N–H and O–H groups in total. The molecule has 0 radical (unpaired) electrons. The van der Waals surface area contributed by atoms with Gasteiger partial charge in [-0.15, -0.1) is 0 Å². The minimum absolute atomic E-state index is 0.169. The molecule has 5 rings (SSSR count). The minimum atomic E-state index is 0.169. The summed E-state index contributed by atoms with van der Waals surface area (Å²) >= 11 is 0. The minimum Gasteiger partial charge on any atom is -0.372 e. The maximum absolute atomic E-state index is 5.86. The normalized spacial score (nSPS) is 19.5. The molecule has 4 aromatic rings. The Morgan fingerprint density at radius 2 is 1.80 bits per heavy atom. The number of morpholine rings is 1. The second kappa shape index (κ2) is 7.21. The first-order chi connectivity index (χ1) is 14.5. The van der Waals surface area contributed by atoms with E-state index in [0.717, 1.165) is 63.7 Å². The van der Waals surface area contributed by atoms with Gasteiger partial charge in [0, 0.05) is 35.8 Å². The molecule has 1 aliphatic rings. The summed E-state index contributed by atoms with van der Waals surface area (Å²) in [5.74, 6) is 0.899. The van der Waals surface area contributed by atoms with Crippen LogP contribution in [0.2, 0.25) is 0 Å². The van der Waals surface area contributed by atoms with Crippen molar-refractivity contribution >= 4 is 16.7 Å². The van der Waals surface area contributed by atoms with Crippen LogP contribution in [0.1, 0.15) is 25.2 Å². The summed E-state index contributed by atoms with van der Waals surface area (Å²) in [5.41, 5.74) is 6.87. The number of hydrogen-bond donors (Lipinski definition) is 2. The number of anilines is 1. The zero-order valence-corrected chi connectivity index (χ0v) is 17.6. The van der Waals surface area contributed by atoms with Crippen LogP contribution < -0.4 is 4.90 Å². The number of aromatic amines is 2. The molecular weight excluding hydrogens is 378 g/mol. The molecule has 1 aliphatic heterocycles. The van der Waals surface area contributed by atoms with Gasteiger partial charge in [-0.2, -0.15) is 10.2 Å². The molecule has 30 heavy (non-hydrogen) atoms. The van der Waals surface area contributed by atoms with Gasteiger partial charge in [-0.1, -0.05) is 6.07 Å². The van der Waals surface area contributed by atoms with Gasteiger partial charge in [0.2, 0.25) is 0 Å². The van der Waals surface area contributed by atoms with Gasteiger partial charge >= 0.3 is 0 Å². The second-order valence-corrected chi connectivity index (χ2v) is 8.07. The molecule has 3 aromatic heterocycles. The molecule has 0 saturated carbocycles. The van der Waals surface area contributed by atoms with Crippen LogP contribution >= 0.6 is 0 Å². The van der Waals surface area contributed by atoms with E-state index in [0.29, 0.717) is 0 Å². The number of fused-ring (bicyclic) bond motifs is 1. The van der Waals surface area contributed by atoms with E-state index in [2.05, 4.69) is 67.3 Å². The lowest BCUT2D eigenvalue weighted by Crippen LogP contribution is -2.45. The molecule has 4 heterocycles. The van der Waals surface area contributed by atoms with Gasteiger partial charge in [0.25, 0.3) is 0 Å². The van der Waals surface area contributed by atoms with E-state index in [1.807, 2.05) is 19.9 Å². The van der Waals surface area contributed by atoms with E-state index >= 15 is 0 Å². The van der Waals surface area contributed by atoms with E-state index < -0.39 is 0 Å². The highest BCUT2D eigenvalue weighted by molar-refractivity contribution is 5.95. The van der Waals surface area contributed by atoms with Crippen LogP contribution in [0, 0.1) is 13.8 Å². The first-order valence-corrected chi connectivity index (χ1v) is 10.2. The number of aromatic nitrogens is 6. The number of benzene rings is 1. The lowest BCUT2D eigenvalue weighted by molar-refractivity contribution is -0.00546. The molecule has 0 spiro atoms. The molecule has 1 fully saturated rings. The summed E-state index contributed by atoms with van der Waals surface area (Å²) in [7, 11) is 0. The third-order valence-corrected chi connectivity index (χ3v) is 5.62. The number of H-pyrrole nitrogens is 2.